The Hall–Kier alpha value is -5.06. The van der Waals surface area contributed by atoms with Gasteiger partial charge in [-0.05, 0) is 0 Å². The minimum atomic E-state index is -1.25. The molecule has 1 aromatic carbocycles. The fourth-order valence-corrected chi connectivity index (χ4v) is 4.86. The first-order valence-electron chi connectivity index (χ1n) is 13.2. The fraction of sp³-hybridized carbons (Fsp3) is 0.385. The molecule has 2 aliphatic heterocycles. The molecule has 2 saturated heterocycles. The summed E-state index contributed by atoms with van der Waals surface area (Å²) in [6.07, 6.45) is 3.78. The van der Waals surface area contributed by atoms with Gasteiger partial charge in [0.1, 0.15) is 23.5 Å². The molecule has 3 aromatic rings. The summed E-state index contributed by atoms with van der Waals surface area (Å²) in [5.41, 5.74) is 0.0943. The van der Waals surface area contributed by atoms with Crippen LogP contribution in [0.4, 0.5) is 29.7 Å². The van der Waals surface area contributed by atoms with E-state index >= 15 is 8.78 Å². The van der Waals surface area contributed by atoms with E-state index < -0.39 is 54.4 Å². The molecule has 0 aliphatic carbocycles. The molecule has 0 spiro atoms. The Labute approximate surface area is 243 Å². The van der Waals surface area contributed by atoms with Crippen molar-refractivity contribution in [3.05, 3.63) is 54.2 Å². The molecule has 0 saturated carbocycles. The number of aromatic nitrogens is 3. The normalized spacial score (nSPS) is 17.5. The van der Waals surface area contributed by atoms with Crippen LogP contribution in [0.25, 0.3) is 5.65 Å². The van der Waals surface area contributed by atoms with Crippen molar-refractivity contribution in [2.45, 2.75) is 12.1 Å². The van der Waals surface area contributed by atoms with Crippen LogP contribution in [0.2, 0.25) is 0 Å². The number of amides is 4. The largest absolute Gasteiger partial charge is 0.453 e. The third kappa shape index (κ3) is 6.25. The number of aliphatic hydroxyl groups excluding tert-OH is 1. The van der Waals surface area contributed by atoms with E-state index in [9.17, 15) is 24.3 Å². The zero-order valence-electron chi connectivity index (χ0n) is 22.9. The molecule has 0 bridgehead atoms. The monoisotopic (exact) mass is 602 g/mol. The first-order valence-corrected chi connectivity index (χ1v) is 13.2. The quantitative estimate of drug-likeness (QED) is 0.322. The Balaban J connectivity index is 1.19. The van der Waals surface area contributed by atoms with Gasteiger partial charge in [-0.25, -0.2) is 23.4 Å². The van der Waals surface area contributed by atoms with Crippen LogP contribution in [-0.2, 0) is 14.3 Å². The van der Waals surface area contributed by atoms with Crippen LogP contribution in [0.3, 0.4) is 0 Å². The van der Waals surface area contributed by atoms with Crippen molar-refractivity contribution < 1.29 is 42.5 Å². The van der Waals surface area contributed by atoms with Gasteiger partial charge < -0.3 is 39.4 Å². The van der Waals surface area contributed by atoms with Crippen molar-refractivity contribution >= 4 is 41.0 Å². The maximum Gasteiger partial charge on any atom is 0.414 e. The predicted molar refractivity (Wildman–Crippen MR) is 145 cm³/mol. The highest BCUT2D eigenvalue weighted by molar-refractivity contribution is 5.96. The minimum absolute atomic E-state index is 0.0361. The number of rotatable bonds is 8. The number of benzene rings is 1. The van der Waals surface area contributed by atoms with Crippen molar-refractivity contribution in [3.63, 3.8) is 0 Å². The maximum absolute atomic E-state index is 15.2. The average Bonchev–Trinajstić information content (AvgIpc) is 3.61. The Bertz CT molecular complexity index is 1490. The standard InChI is InChI=1S/C26H28F2N8O7/c1-42-25(40)30-10-16-12-36(26(41)43-16)15-8-17(27)22(18(28)9-15)33-4-6-34(7-5-33)24(39)20(14-37)32-23(38)19-13-35-3-2-29-11-21(35)31-19/h2-3,8-9,11,13,16,20,37H,4-7,10,12,14H2,1H3,(H,30,40)(H,32,38). The smallest absolute Gasteiger partial charge is 0.414 e. The van der Waals surface area contributed by atoms with Crippen molar-refractivity contribution in [1.82, 2.24) is 29.9 Å². The van der Waals surface area contributed by atoms with Gasteiger partial charge in [0.25, 0.3) is 5.91 Å². The van der Waals surface area contributed by atoms with Crippen LogP contribution in [0.15, 0.2) is 36.9 Å². The SMILES string of the molecule is COC(=O)NCC1CN(c2cc(F)c(N3CCN(C(=O)C(CO)NC(=O)c4cn5ccncc5n4)CC3)c(F)c2)C(=O)O1. The highest BCUT2D eigenvalue weighted by Crippen LogP contribution is 2.31. The number of imidazole rings is 1. The van der Waals surface area contributed by atoms with Crippen molar-refractivity contribution in [2.24, 2.45) is 0 Å². The number of nitrogens with zero attached hydrogens (tertiary/aromatic N) is 6. The van der Waals surface area contributed by atoms with E-state index in [0.29, 0.717) is 5.65 Å². The molecule has 3 N–H and O–H groups in total. The van der Waals surface area contributed by atoms with Gasteiger partial charge >= 0.3 is 12.2 Å². The second-order valence-electron chi connectivity index (χ2n) is 9.74. The molecule has 17 heteroatoms. The molecule has 0 radical (unpaired) electrons. The summed E-state index contributed by atoms with van der Waals surface area (Å²) < 4.78 is 41.6. The molecule has 2 aliphatic rings. The molecular weight excluding hydrogens is 574 g/mol. The van der Waals surface area contributed by atoms with Gasteiger partial charge in [-0.3, -0.25) is 19.5 Å². The molecule has 15 nitrogen and oxygen atoms in total. The zero-order valence-corrected chi connectivity index (χ0v) is 22.9. The summed E-state index contributed by atoms with van der Waals surface area (Å²) in [7, 11) is 1.18. The van der Waals surface area contributed by atoms with E-state index in [0.717, 1.165) is 17.0 Å². The third-order valence-electron chi connectivity index (χ3n) is 7.04. The summed E-state index contributed by atoms with van der Waals surface area (Å²) in [6.45, 7) is -0.477. The first-order chi connectivity index (χ1) is 20.7. The maximum atomic E-state index is 15.2. The van der Waals surface area contributed by atoms with Gasteiger partial charge in [-0.15, -0.1) is 0 Å². The lowest BCUT2D eigenvalue weighted by atomic mass is 10.1. The molecule has 228 valence electrons. The van der Waals surface area contributed by atoms with Crippen LogP contribution < -0.4 is 20.4 Å². The third-order valence-corrected chi connectivity index (χ3v) is 7.04. The average molecular weight is 603 g/mol. The number of fused-ring (bicyclic) bond motifs is 1. The highest BCUT2D eigenvalue weighted by atomic mass is 19.1. The molecule has 5 rings (SSSR count). The van der Waals surface area contributed by atoms with E-state index in [-0.39, 0.29) is 56.3 Å². The Morgan fingerprint density at radius 3 is 2.56 bits per heavy atom. The van der Waals surface area contributed by atoms with Crippen molar-refractivity contribution in [2.75, 3.05) is 62.8 Å². The molecule has 2 fully saturated rings. The molecule has 2 unspecified atom stereocenters. The number of cyclic esters (lactones) is 1. The zero-order chi connectivity index (χ0) is 30.7. The summed E-state index contributed by atoms with van der Waals surface area (Å²) in [5, 5.41) is 14.7. The van der Waals surface area contributed by atoms with E-state index in [1.807, 2.05) is 0 Å². The number of carbonyl (C=O) groups is 4. The number of hydrogen-bond donors (Lipinski definition) is 3. The number of piperazine rings is 1. The second kappa shape index (κ2) is 12.4. The topological polar surface area (TPSA) is 171 Å². The number of anilines is 2. The minimum Gasteiger partial charge on any atom is -0.453 e. The summed E-state index contributed by atoms with van der Waals surface area (Å²) in [6, 6.07) is 0.779. The fourth-order valence-electron chi connectivity index (χ4n) is 4.86. The molecule has 4 heterocycles. The van der Waals surface area contributed by atoms with E-state index in [1.165, 1.54) is 35.5 Å². The lowest BCUT2D eigenvalue weighted by Gasteiger charge is -2.37. The van der Waals surface area contributed by atoms with Crippen LogP contribution in [0, 0.1) is 11.6 Å². The number of carbonyl (C=O) groups excluding carboxylic acids is 4. The molecule has 2 aromatic heterocycles. The summed E-state index contributed by atoms with van der Waals surface area (Å²) >= 11 is 0. The van der Waals surface area contributed by atoms with E-state index in [1.54, 1.807) is 10.6 Å². The Morgan fingerprint density at radius 1 is 1.19 bits per heavy atom. The van der Waals surface area contributed by atoms with Gasteiger partial charge in [0.2, 0.25) is 5.91 Å². The van der Waals surface area contributed by atoms with Crippen LogP contribution in [0.1, 0.15) is 10.5 Å². The lowest BCUT2D eigenvalue weighted by molar-refractivity contribution is -0.134. The molecule has 4 amide bonds. The van der Waals surface area contributed by atoms with Gasteiger partial charge in [-0.1, -0.05) is 0 Å². The number of halogens is 2. The van der Waals surface area contributed by atoms with E-state index in [2.05, 4.69) is 25.3 Å². The van der Waals surface area contributed by atoms with Gasteiger partial charge in [0, 0.05) is 56.9 Å². The number of methoxy groups -OCH3 is 1. The van der Waals surface area contributed by atoms with Crippen LogP contribution in [-0.4, -0.2) is 114 Å². The number of alkyl carbamates (subject to hydrolysis) is 1. The number of ether oxygens (including phenoxy) is 2. The lowest BCUT2D eigenvalue weighted by Crippen LogP contribution is -2.56. The van der Waals surface area contributed by atoms with Gasteiger partial charge in [0.05, 0.1) is 38.7 Å². The molecule has 43 heavy (non-hydrogen) atoms. The highest BCUT2D eigenvalue weighted by Gasteiger charge is 2.35. The molecule has 2 atom stereocenters. The number of hydrogen-bond acceptors (Lipinski definition) is 10. The van der Waals surface area contributed by atoms with Crippen molar-refractivity contribution in [3.8, 4) is 0 Å². The second-order valence-corrected chi connectivity index (χ2v) is 9.74. The van der Waals surface area contributed by atoms with Crippen LogP contribution >= 0.6 is 0 Å². The Morgan fingerprint density at radius 2 is 1.91 bits per heavy atom. The van der Waals surface area contributed by atoms with Gasteiger partial charge in [-0.2, -0.15) is 0 Å². The predicted octanol–water partition coefficient (Wildman–Crippen LogP) is 0.128. The summed E-state index contributed by atoms with van der Waals surface area (Å²) in [4.78, 5) is 61.3. The number of aliphatic hydroxyl groups is 1. The number of nitrogens with one attached hydrogen (secondary N) is 2. The Kier molecular flexibility index (Phi) is 8.51. The summed E-state index contributed by atoms with van der Waals surface area (Å²) in [5.74, 6) is -3.04. The van der Waals surface area contributed by atoms with Crippen LogP contribution in [0.5, 0.6) is 0 Å². The van der Waals surface area contributed by atoms with Crippen molar-refractivity contribution in [1.29, 1.82) is 0 Å². The van der Waals surface area contributed by atoms with E-state index in [4.69, 9.17) is 4.74 Å². The molecular formula is C26H28F2N8O7. The first kappa shape index (κ1) is 29.4. The van der Waals surface area contributed by atoms with Gasteiger partial charge in [0.15, 0.2) is 17.3 Å².